The highest BCUT2D eigenvalue weighted by atomic mass is 16.8. The summed E-state index contributed by atoms with van der Waals surface area (Å²) in [5, 5.41) is 185. The Morgan fingerprint density at radius 2 is 1.15 bits per heavy atom. The average Bonchev–Trinajstić information content (AvgIpc) is 0.688. The van der Waals surface area contributed by atoms with Gasteiger partial charge in [-0.05, 0) is 104 Å². The molecule has 34 atom stereocenters. The molecule has 10 aliphatic rings. The zero-order chi connectivity index (χ0) is 63.6. The summed E-state index contributed by atoms with van der Waals surface area (Å²) in [7, 11) is 0. The summed E-state index contributed by atoms with van der Waals surface area (Å²) < 4.78 is 59.0. The van der Waals surface area contributed by atoms with E-state index in [1.165, 1.54) is 6.92 Å². The number of hydrogen-bond acceptors (Lipinski definition) is 28. The average molecular weight is 1250 g/mol. The molecular formula is C59H96O28. The molecule has 0 aromatic rings. The number of esters is 1. The molecule has 5 saturated heterocycles. The standard InChI is InChI=1S/C59H96O28/c1-23-34(65)38(69)42(73)49(80-23)85-46-28(19-61)82-48(45(76)41(46)72)79-21-29-37(68)40(71)44(75)51(83-29)87-53(77)59-15-14-54(2,3)16-25(59)24-8-9-31-55(4)12-11-33(56(5,22-62)30(55)10-13-57(31,6)58(24,7)17-32(59)64)84-52-47(35(66)26(63)20-78-52)86-50-43(74)39(70)36(67)27(18-60)81-50/h8,23,25-52,60-76H,9-22H2,1-7H3/t23-,25+,26-,27+,28+,29+,30+,31+,32+,33-,34-,35-,36+,37+,38+,39-,40-,41+,42+,43+,44+,45+,46+,47+,48+,49-,50-,51-,52-,55-,56-,57+,58+,59+/m0/s1. The van der Waals surface area contributed by atoms with Crippen LogP contribution in [-0.2, 0) is 52.2 Å². The number of rotatable bonds is 14. The van der Waals surface area contributed by atoms with Gasteiger partial charge in [0.15, 0.2) is 25.2 Å². The Morgan fingerprint density at radius 3 is 1.80 bits per heavy atom. The van der Waals surface area contributed by atoms with Crippen LogP contribution in [-0.4, -0.2) is 285 Å². The quantitative estimate of drug-likeness (QED) is 0.0442. The second kappa shape index (κ2) is 25.1. The van der Waals surface area contributed by atoms with Crippen LogP contribution in [0, 0.1) is 50.2 Å². The second-order valence-electron chi connectivity index (χ2n) is 28.6. The molecule has 10 rings (SSSR count). The van der Waals surface area contributed by atoms with Gasteiger partial charge in [-0.2, -0.15) is 0 Å². The third-order valence-corrected chi connectivity index (χ3v) is 23.3. The maximum absolute atomic E-state index is 15.3. The van der Waals surface area contributed by atoms with Crippen LogP contribution < -0.4 is 0 Å². The summed E-state index contributed by atoms with van der Waals surface area (Å²) in [6, 6.07) is 0. The van der Waals surface area contributed by atoms with Gasteiger partial charge in [0.25, 0.3) is 0 Å². The number of fused-ring (bicyclic) bond motifs is 7. The first-order valence-corrected chi connectivity index (χ1v) is 30.9. The minimum atomic E-state index is -1.99. The molecule has 0 aromatic carbocycles. The van der Waals surface area contributed by atoms with Crippen LogP contribution in [0.5, 0.6) is 0 Å². The van der Waals surface area contributed by atoms with Crippen LogP contribution in [0.3, 0.4) is 0 Å². The first-order valence-electron chi connectivity index (χ1n) is 30.9. The van der Waals surface area contributed by atoms with Crippen LogP contribution >= 0.6 is 0 Å². The van der Waals surface area contributed by atoms with Gasteiger partial charge in [-0.1, -0.05) is 53.2 Å². The second-order valence-corrected chi connectivity index (χ2v) is 28.6. The molecule has 0 unspecified atom stereocenters. The Morgan fingerprint density at radius 1 is 0.563 bits per heavy atom. The van der Waals surface area contributed by atoms with E-state index in [9.17, 15) is 86.8 Å². The van der Waals surface area contributed by atoms with Crippen LogP contribution in [0.4, 0.5) is 0 Å². The molecule has 28 nitrogen and oxygen atoms in total. The highest BCUT2D eigenvalue weighted by molar-refractivity contribution is 5.80. The number of allylic oxidation sites excluding steroid dienone is 2. The van der Waals surface area contributed by atoms with Gasteiger partial charge in [0, 0.05) is 5.41 Å². The van der Waals surface area contributed by atoms with E-state index in [4.69, 9.17) is 47.4 Å². The number of aliphatic hydroxyl groups excluding tert-OH is 17. The van der Waals surface area contributed by atoms with Crippen LogP contribution in [0.25, 0.3) is 0 Å². The van der Waals surface area contributed by atoms with Gasteiger partial charge in [-0.3, -0.25) is 4.79 Å². The fourth-order valence-corrected chi connectivity index (χ4v) is 17.7. The summed E-state index contributed by atoms with van der Waals surface area (Å²) in [5.74, 6) is -1.65. The van der Waals surface area contributed by atoms with Crippen LogP contribution in [0.15, 0.2) is 11.6 Å². The largest absolute Gasteiger partial charge is 0.432 e. The Bertz CT molecular complexity index is 2420. The number of aliphatic hydroxyl groups is 17. The third-order valence-electron chi connectivity index (χ3n) is 23.3. The molecule has 9 fully saturated rings. The van der Waals surface area contributed by atoms with E-state index < -0.39 is 218 Å². The third kappa shape index (κ3) is 11.3. The highest BCUT2D eigenvalue weighted by Crippen LogP contribution is 2.76. The van der Waals surface area contributed by atoms with E-state index in [1.807, 2.05) is 6.92 Å². The summed E-state index contributed by atoms with van der Waals surface area (Å²) in [5.41, 5.74) is -3.44. The first-order chi connectivity index (χ1) is 40.8. The Balaban J connectivity index is 0.845. The molecule has 5 aliphatic carbocycles. The van der Waals surface area contributed by atoms with E-state index in [1.54, 1.807) is 0 Å². The molecule has 500 valence electrons. The lowest BCUT2D eigenvalue weighted by Crippen LogP contribution is -2.69. The summed E-state index contributed by atoms with van der Waals surface area (Å²) in [6.07, 6.45) is -35.4. The number of ether oxygens (including phenoxy) is 10. The van der Waals surface area contributed by atoms with Gasteiger partial charge in [0.1, 0.15) is 115 Å². The van der Waals surface area contributed by atoms with Gasteiger partial charge >= 0.3 is 5.97 Å². The van der Waals surface area contributed by atoms with E-state index in [0.717, 1.165) is 5.57 Å². The molecule has 5 aliphatic heterocycles. The molecule has 17 N–H and O–H groups in total. The van der Waals surface area contributed by atoms with Crippen molar-refractivity contribution in [3.05, 3.63) is 11.6 Å². The topological polar surface area (TPSA) is 453 Å². The van der Waals surface area contributed by atoms with E-state index >= 15 is 4.79 Å². The molecule has 87 heavy (non-hydrogen) atoms. The number of hydrogen-bond donors (Lipinski definition) is 17. The lowest BCUT2D eigenvalue weighted by molar-refractivity contribution is -0.368. The normalized spacial score (nSPS) is 55.1. The monoisotopic (exact) mass is 1250 g/mol. The maximum atomic E-state index is 15.3. The van der Waals surface area contributed by atoms with E-state index in [2.05, 4.69) is 40.7 Å². The fraction of sp³-hybridized carbons (Fsp3) is 0.949. The maximum Gasteiger partial charge on any atom is 0.317 e. The smallest absolute Gasteiger partial charge is 0.317 e. The molecule has 0 spiro atoms. The fourth-order valence-electron chi connectivity index (χ4n) is 17.7. The Kier molecular flexibility index (Phi) is 19.7. The molecule has 28 heteroatoms. The van der Waals surface area contributed by atoms with Crippen molar-refractivity contribution in [1.82, 2.24) is 0 Å². The number of carbonyl (C=O) groups is 1. The minimum Gasteiger partial charge on any atom is -0.432 e. The molecule has 0 aromatic heterocycles. The number of carbonyl (C=O) groups excluding carboxylic acids is 1. The Labute approximate surface area is 504 Å². The SMILES string of the molecule is C[C@@H]1O[C@@H](O[C@H]2[C@H](O)[C@@H](O)[C@H](OC[C@H]3O[C@@H](OC(=O)[C@]45CCC(C)(C)C[C@@H]4C4=CC[C@@H]6[C@@]7(C)CC[C@H](O[C@@H]8OC[C@H](O)[C@H](O)[C@H]8O[C@@H]8O[C@H](CO)[C@@H](O)[C@H](O)[C@H]8O)[C@@](C)(CO)[C@@H]7CC[C@@]6(C)[C@]4(C)C[C@H]5O)[C@H](O)[C@@H](O)[C@@H]3O)O[C@@H]2CO)[C@H](O)[C@H](O)[C@H]1O. The van der Waals surface area contributed by atoms with Crippen molar-refractivity contribution in [2.24, 2.45) is 50.2 Å². The first kappa shape index (κ1) is 68.0. The van der Waals surface area contributed by atoms with Crippen molar-refractivity contribution in [3.63, 3.8) is 0 Å². The highest BCUT2D eigenvalue weighted by Gasteiger charge is 2.73. The van der Waals surface area contributed by atoms with E-state index in [0.29, 0.717) is 44.9 Å². The zero-order valence-electron chi connectivity index (χ0n) is 50.3. The van der Waals surface area contributed by atoms with Crippen molar-refractivity contribution in [2.45, 2.75) is 266 Å². The molecular weight excluding hydrogens is 1160 g/mol. The van der Waals surface area contributed by atoms with Gasteiger partial charge in [0.2, 0.25) is 6.29 Å². The lowest BCUT2D eigenvalue weighted by atomic mass is 9.33. The predicted octanol–water partition coefficient (Wildman–Crippen LogP) is -4.60. The van der Waals surface area contributed by atoms with Crippen molar-refractivity contribution in [3.8, 4) is 0 Å². The van der Waals surface area contributed by atoms with Crippen molar-refractivity contribution in [2.75, 3.05) is 33.0 Å². The molecule has 4 saturated carbocycles. The minimum absolute atomic E-state index is 0.0248. The lowest BCUT2D eigenvalue weighted by Gasteiger charge is -2.72. The van der Waals surface area contributed by atoms with Gasteiger partial charge in [-0.15, -0.1) is 0 Å². The zero-order valence-corrected chi connectivity index (χ0v) is 50.3. The van der Waals surface area contributed by atoms with Crippen molar-refractivity contribution < 1.29 is 139 Å². The van der Waals surface area contributed by atoms with Gasteiger partial charge in [0.05, 0.1) is 51.3 Å². The molecule has 5 heterocycles. The van der Waals surface area contributed by atoms with Crippen LogP contribution in [0.1, 0.15) is 106 Å². The summed E-state index contributed by atoms with van der Waals surface area (Å²) in [4.78, 5) is 15.3. The summed E-state index contributed by atoms with van der Waals surface area (Å²) >= 11 is 0. The van der Waals surface area contributed by atoms with Gasteiger partial charge < -0.3 is 134 Å². The van der Waals surface area contributed by atoms with Crippen molar-refractivity contribution in [1.29, 1.82) is 0 Å². The molecule has 0 amide bonds. The molecule has 0 radical (unpaired) electrons. The van der Waals surface area contributed by atoms with E-state index in [-0.39, 0.29) is 43.3 Å². The summed E-state index contributed by atoms with van der Waals surface area (Å²) in [6.45, 7) is 11.3. The molecule has 0 bridgehead atoms. The van der Waals surface area contributed by atoms with Crippen molar-refractivity contribution >= 4 is 5.97 Å². The predicted molar refractivity (Wildman–Crippen MR) is 291 cm³/mol. The Hall–Kier alpha value is -1.83. The van der Waals surface area contributed by atoms with Crippen LogP contribution in [0.2, 0.25) is 0 Å². The van der Waals surface area contributed by atoms with Gasteiger partial charge in [-0.25, -0.2) is 0 Å².